The second-order valence-electron chi connectivity index (χ2n) is 5.93. The Bertz CT molecular complexity index is 1180. The predicted octanol–water partition coefficient (Wildman–Crippen LogP) is 3.66. The van der Waals surface area contributed by atoms with Gasteiger partial charge in [-0.15, -0.1) is 0 Å². The van der Waals surface area contributed by atoms with E-state index in [2.05, 4.69) is 37.7 Å². The smallest absolute Gasteiger partial charge is 0.199 e. The third-order valence-corrected chi connectivity index (χ3v) is 5.73. The number of halogens is 3. The Balaban J connectivity index is 1.97. The highest BCUT2D eigenvalue weighted by Gasteiger charge is 2.25. The summed E-state index contributed by atoms with van der Waals surface area (Å²) in [4.78, 5) is 8.18. The molecule has 0 radical (unpaired) electrons. The van der Waals surface area contributed by atoms with Crippen LogP contribution in [0.3, 0.4) is 0 Å². The van der Waals surface area contributed by atoms with Crippen molar-refractivity contribution in [3.63, 3.8) is 0 Å². The molecule has 0 amide bonds. The van der Waals surface area contributed by atoms with E-state index in [4.69, 9.17) is 11.1 Å². The van der Waals surface area contributed by atoms with Gasteiger partial charge >= 0.3 is 0 Å². The van der Waals surface area contributed by atoms with Gasteiger partial charge in [0.2, 0.25) is 0 Å². The van der Waals surface area contributed by atoms with Gasteiger partial charge in [-0.2, -0.15) is 4.31 Å². The average molecular weight is 490 g/mol. The zero-order valence-corrected chi connectivity index (χ0v) is 17.9. The molecule has 3 rings (SSSR count). The van der Waals surface area contributed by atoms with Gasteiger partial charge in [0.15, 0.2) is 10.7 Å². The lowest BCUT2D eigenvalue weighted by molar-refractivity contribution is 0.572. The zero-order valence-electron chi connectivity index (χ0n) is 15.5. The van der Waals surface area contributed by atoms with Gasteiger partial charge in [-0.3, -0.25) is 4.98 Å². The second kappa shape index (κ2) is 9.21. The summed E-state index contributed by atoms with van der Waals surface area (Å²) in [6.45, 7) is 0. The first kappa shape index (κ1) is 21.7. The number of nitrogens with two attached hydrogens (primary N) is 1. The molecule has 3 aromatic rings. The Kier molecular flexibility index (Phi) is 6.66. The van der Waals surface area contributed by atoms with Crippen LogP contribution in [0.25, 0.3) is 0 Å². The normalized spacial score (nSPS) is 11.4. The Morgan fingerprint density at radius 2 is 2.00 bits per heavy atom. The highest BCUT2D eigenvalue weighted by molar-refractivity contribution is 9.10. The number of anilines is 2. The summed E-state index contributed by atoms with van der Waals surface area (Å²) < 4.78 is 43.8. The maximum atomic E-state index is 15.0. The molecular weight excluding hydrogens is 476 g/mol. The topological polar surface area (TPSA) is 102 Å². The average Bonchev–Trinajstić information content (AvgIpc) is 2.73. The van der Waals surface area contributed by atoms with Crippen LogP contribution in [-0.2, 0) is 11.4 Å². The van der Waals surface area contributed by atoms with Crippen LogP contribution in [0.5, 0.6) is 0 Å². The van der Waals surface area contributed by atoms with Gasteiger partial charge in [0.1, 0.15) is 28.7 Å². The molecule has 6 nitrogen and oxygen atoms in total. The molecule has 30 heavy (non-hydrogen) atoms. The van der Waals surface area contributed by atoms with Crippen LogP contribution in [0.15, 0.2) is 52.2 Å². The number of hydrogen-bond donors (Lipinski definition) is 2. The van der Waals surface area contributed by atoms with Crippen molar-refractivity contribution in [2.75, 3.05) is 17.1 Å². The van der Waals surface area contributed by atoms with Crippen LogP contribution in [0.4, 0.5) is 20.3 Å². The number of nitrogen functional groups attached to an aromatic ring is 1. The molecule has 1 atom stereocenters. The quantitative estimate of drug-likeness (QED) is 0.330. The molecule has 0 aliphatic rings. The lowest BCUT2D eigenvalue weighted by Gasteiger charge is -2.22. The van der Waals surface area contributed by atoms with E-state index in [1.54, 1.807) is 6.07 Å². The first-order valence-electron chi connectivity index (χ1n) is 8.34. The molecule has 0 bridgehead atoms. The van der Waals surface area contributed by atoms with Crippen LogP contribution in [0.1, 0.15) is 16.7 Å². The van der Waals surface area contributed by atoms with E-state index in [0.717, 1.165) is 12.3 Å². The van der Waals surface area contributed by atoms with Gasteiger partial charge in [-0.1, -0.05) is 11.8 Å². The van der Waals surface area contributed by atoms with Crippen LogP contribution in [0.2, 0.25) is 0 Å². The summed E-state index contributed by atoms with van der Waals surface area (Å²) in [6.07, 6.45) is 5.28. The van der Waals surface area contributed by atoms with Crippen LogP contribution in [0, 0.1) is 28.9 Å². The van der Waals surface area contributed by atoms with Crippen LogP contribution >= 0.6 is 15.9 Å². The third kappa shape index (κ3) is 4.59. The van der Waals surface area contributed by atoms with Crippen molar-refractivity contribution in [1.29, 1.82) is 5.41 Å². The van der Waals surface area contributed by atoms with Crippen molar-refractivity contribution < 1.29 is 13.3 Å². The largest absolute Gasteiger partial charge is 0.588 e. The molecule has 0 saturated heterocycles. The Hall–Kier alpha value is -3.00. The number of nitrogens with zero attached hydrogens (tertiary/aromatic N) is 3. The maximum absolute atomic E-state index is 15.0. The van der Waals surface area contributed by atoms with Gasteiger partial charge < -0.3 is 15.7 Å². The fraction of sp³-hybridized carbons (Fsp3) is 0.0500. The highest BCUT2D eigenvalue weighted by atomic mass is 79.9. The summed E-state index contributed by atoms with van der Waals surface area (Å²) in [5.41, 5.74) is 5.74. The summed E-state index contributed by atoms with van der Waals surface area (Å²) in [5.74, 6) is 3.42. The first-order chi connectivity index (χ1) is 14.3. The standard InChI is InChI=1S/C20H14BrF2N5OS/c1-28(30(29)15-7-14(21)10-26-11-15)18-5-4-17(22)16(19(18)23)3-2-12-6-13(8-24)20(25)27-9-12/h4-11,24H,1H3,(H2,25,27). The van der Waals surface area contributed by atoms with E-state index in [9.17, 15) is 8.94 Å². The summed E-state index contributed by atoms with van der Waals surface area (Å²) in [5, 5.41) is 7.29. The Labute approximate surface area is 183 Å². The number of aromatic nitrogens is 2. The fourth-order valence-corrected chi connectivity index (χ4v) is 3.98. The van der Waals surface area contributed by atoms with Gasteiger partial charge in [0, 0.05) is 40.3 Å². The SMILES string of the molecule is CN(c1ccc(F)c(C#Cc2cnc(N)c(C=N)c2)c1F)[S+]([O-])c1cncc(Br)c1. The lowest BCUT2D eigenvalue weighted by Crippen LogP contribution is -2.28. The molecule has 2 aromatic heterocycles. The Morgan fingerprint density at radius 1 is 1.23 bits per heavy atom. The molecule has 3 N–H and O–H groups in total. The van der Waals surface area contributed by atoms with Crippen molar-refractivity contribution in [2.45, 2.75) is 4.90 Å². The number of benzene rings is 1. The summed E-state index contributed by atoms with van der Waals surface area (Å²) in [7, 11) is 1.42. The van der Waals surface area contributed by atoms with E-state index in [0.29, 0.717) is 20.5 Å². The minimum atomic E-state index is -1.78. The van der Waals surface area contributed by atoms with Gasteiger partial charge in [-0.25, -0.2) is 13.8 Å². The molecule has 152 valence electrons. The van der Waals surface area contributed by atoms with E-state index in [-0.39, 0.29) is 11.5 Å². The molecule has 1 aromatic carbocycles. The minimum Gasteiger partial charge on any atom is -0.588 e. The van der Waals surface area contributed by atoms with Crippen LogP contribution < -0.4 is 10.0 Å². The predicted molar refractivity (Wildman–Crippen MR) is 116 cm³/mol. The molecular formula is C20H14BrF2N5OS. The van der Waals surface area contributed by atoms with Crippen molar-refractivity contribution >= 4 is 45.0 Å². The molecule has 1 unspecified atom stereocenters. The third-order valence-electron chi connectivity index (χ3n) is 3.98. The van der Waals surface area contributed by atoms with Gasteiger partial charge in [-0.05, 0) is 34.1 Å². The maximum Gasteiger partial charge on any atom is 0.199 e. The molecule has 0 saturated carbocycles. The van der Waals surface area contributed by atoms with Crippen molar-refractivity contribution in [2.24, 2.45) is 0 Å². The second-order valence-corrected chi connectivity index (χ2v) is 8.37. The van der Waals surface area contributed by atoms with Crippen molar-refractivity contribution in [3.05, 3.63) is 75.7 Å². The van der Waals surface area contributed by atoms with Crippen molar-refractivity contribution in [3.8, 4) is 11.8 Å². The number of hydrogen-bond acceptors (Lipinski definition) is 6. The molecule has 10 heteroatoms. The zero-order chi connectivity index (χ0) is 21.8. The monoisotopic (exact) mass is 489 g/mol. The molecule has 2 heterocycles. The lowest BCUT2D eigenvalue weighted by atomic mass is 10.1. The fourth-order valence-electron chi connectivity index (χ4n) is 2.45. The van der Waals surface area contributed by atoms with Gasteiger partial charge in [0.25, 0.3) is 0 Å². The number of rotatable bonds is 4. The molecule has 0 aliphatic carbocycles. The minimum absolute atomic E-state index is 0.0883. The summed E-state index contributed by atoms with van der Waals surface area (Å²) >= 11 is 1.46. The van der Waals surface area contributed by atoms with E-state index in [1.807, 2.05) is 0 Å². The van der Waals surface area contributed by atoms with E-state index < -0.39 is 28.6 Å². The van der Waals surface area contributed by atoms with Crippen LogP contribution in [-0.4, -0.2) is 27.8 Å². The number of nitrogens with one attached hydrogen (secondary N) is 1. The first-order valence-corrected chi connectivity index (χ1v) is 10.2. The summed E-state index contributed by atoms with van der Waals surface area (Å²) in [6, 6.07) is 5.33. The van der Waals surface area contributed by atoms with Gasteiger partial charge in [0.05, 0.1) is 18.8 Å². The molecule has 0 aliphatic heterocycles. The Morgan fingerprint density at radius 3 is 2.70 bits per heavy atom. The van der Waals surface area contributed by atoms with Crippen molar-refractivity contribution in [1.82, 2.24) is 9.97 Å². The van der Waals surface area contributed by atoms with E-state index in [1.165, 1.54) is 42.1 Å². The number of pyridine rings is 2. The highest BCUT2D eigenvalue weighted by Crippen LogP contribution is 2.28. The molecule has 0 spiro atoms. The van der Waals surface area contributed by atoms with E-state index >= 15 is 4.39 Å². The molecule has 0 fully saturated rings.